The number of hydrogen-bond acceptors (Lipinski definition) is 4. The second kappa shape index (κ2) is 7.53. The lowest BCUT2D eigenvalue weighted by atomic mass is 10.0. The SMILES string of the molecule is CCOC(C)CNC(=O)c1cc(S(N)(=O)=O)ccc1CC. The smallest absolute Gasteiger partial charge is 0.251 e. The Bertz CT molecular complexity index is 599. The van der Waals surface area contributed by atoms with Crippen molar-refractivity contribution < 1.29 is 17.9 Å². The van der Waals surface area contributed by atoms with Gasteiger partial charge < -0.3 is 10.1 Å². The third-order valence-electron chi connectivity index (χ3n) is 3.04. The highest BCUT2D eigenvalue weighted by Gasteiger charge is 2.16. The Kier molecular flexibility index (Phi) is 6.32. The fourth-order valence-corrected chi connectivity index (χ4v) is 2.47. The van der Waals surface area contributed by atoms with Gasteiger partial charge in [0.2, 0.25) is 10.0 Å². The van der Waals surface area contributed by atoms with Gasteiger partial charge >= 0.3 is 0 Å². The van der Waals surface area contributed by atoms with E-state index in [0.717, 1.165) is 5.56 Å². The Morgan fingerprint density at radius 1 is 1.38 bits per heavy atom. The molecule has 1 aromatic rings. The van der Waals surface area contributed by atoms with Gasteiger partial charge in [-0.1, -0.05) is 13.0 Å². The van der Waals surface area contributed by atoms with Crippen LogP contribution in [-0.4, -0.2) is 33.6 Å². The number of hydrogen-bond donors (Lipinski definition) is 2. The molecule has 1 rings (SSSR count). The maximum atomic E-state index is 12.2. The van der Waals surface area contributed by atoms with Crippen LogP contribution < -0.4 is 10.5 Å². The number of carbonyl (C=O) groups excluding carboxylic acids is 1. The standard InChI is InChI=1S/C14H22N2O4S/c1-4-11-6-7-12(21(15,18)19)8-13(11)14(17)16-9-10(3)20-5-2/h6-8,10H,4-5,9H2,1-3H3,(H,16,17)(H2,15,18,19). The third kappa shape index (κ3) is 5.11. The first-order valence-electron chi connectivity index (χ1n) is 6.85. The van der Waals surface area contributed by atoms with E-state index in [2.05, 4.69) is 5.32 Å². The molecule has 0 saturated carbocycles. The van der Waals surface area contributed by atoms with Crippen molar-refractivity contribution in [2.24, 2.45) is 5.14 Å². The zero-order valence-corrected chi connectivity index (χ0v) is 13.4. The number of rotatable bonds is 7. The van der Waals surface area contributed by atoms with E-state index in [0.29, 0.717) is 25.1 Å². The van der Waals surface area contributed by atoms with Crippen LogP contribution in [-0.2, 0) is 21.2 Å². The van der Waals surface area contributed by atoms with Crippen LogP contribution in [0.3, 0.4) is 0 Å². The molecule has 0 fully saturated rings. The van der Waals surface area contributed by atoms with Crippen LogP contribution in [0.25, 0.3) is 0 Å². The van der Waals surface area contributed by atoms with Crippen LogP contribution in [0.2, 0.25) is 0 Å². The Morgan fingerprint density at radius 3 is 2.57 bits per heavy atom. The number of nitrogens with one attached hydrogen (secondary N) is 1. The number of carbonyl (C=O) groups is 1. The summed E-state index contributed by atoms with van der Waals surface area (Å²) in [5.74, 6) is -0.330. The Balaban J connectivity index is 2.96. The molecule has 0 saturated heterocycles. The van der Waals surface area contributed by atoms with E-state index in [1.807, 2.05) is 20.8 Å². The van der Waals surface area contributed by atoms with E-state index in [9.17, 15) is 13.2 Å². The molecule has 1 atom stereocenters. The monoisotopic (exact) mass is 314 g/mol. The molecule has 7 heteroatoms. The van der Waals surface area contributed by atoms with Crippen molar-refractivity contribution in [3.05, 3.63) is 29.3 Å². The number of amides is 1. The van der Waals surface area contributed by atoms with Crippen molar-refractivity contribution in [1.29, 1.82) is 0 Å². The zero-order valence-electron chi connectivity index (χ0n) is 12.5. The summed E-state index contributed by atoms with van der Waals surface area (Å²) in [5, 5.41) is 7.84. The van der Waals surface area contributed by atoms with Crippen molar-refractivity contribution >= 4 is 15.9 Å². The first-order chi connectivity index (χ1) is 9.79. The van der Waals surface area contributed by atoms with Crippen LogP contribution in [0.4, 0.5) is 0 Å². The molecule has 0 aliphatic carbocycles. The highest BCUT2D eigenvalue weighted by molar-refractivity contribution is 7.89. The van der Waals surface area contributed by atoms with Gasteiger partial charge in [0.25, 0.3) is 5.91 Å². The fourth-order valence-electron chi connectivity index (χ4n) is 1.93. The second-order valence-electron chi connectivity index (χ2n) is 4.69. The van der Waals surface area contributed by atoms with Crippen molar-refractivity contribution in [3.63, 3.8) is 0 Å². The van der Waals surface area contributed by atoms with Crippen molar-refractivity contribution in [1.82, 2.24) is 5.32 Å². The topological polar surface area (TPSA) is 98.5 Å². The van der Waals surface area contributed by atoms with Gasteiger partial charge in [0.05, 0.1) is 11.0 Å². The predicted octanol–water partition coefficient (Wildman–Crippen LogP) is 1.05. The van der Waals surface area contributed by atoms with Crippen LogP contribution in [0, 0.1) is 0 Å². The van der Waals surface area contributed by atoms with Gasteiger partial charge in [-0.2, -0.15) is 0 Å². The summed E-state index contributed by atoms with van der Waals surface area (Å²) >= 11 is 0. The van der Waals surface area contributed by atoms with Crippen LogP contribution >= 0.6 is 0 Å². The third-order valence-corrected chi connectivity index (χ3v) is 3.95. The molecule has 1 amide bonds. The minimum absolute atomic E-state index is 0.0669. The zero-order chi connectivity index (χ0) is 16.0. The van der Waals surface area contributed by atoms with Crippen molar-refractivity contribution in [2.75, 3.05) is 13.2 Å². The van der Waals surface area contributed by atoms with E-state index in [1.54, 1.807) is 6.07 Å². The summed E-state index contributed by atoms with van der Waals surface area (Å²) in [7, 11) is -3.83. The number of nitrogens with two attached hydrogens (primary N) is 1. The molecular formula is C14H22N2O4S. The molecule has 1 aromatic carbocycles. The average molecular weight is 314 g/mol. The minimum atomic E-state index is -3.83. The number of primary sulfonamides is 1. The maximum absolute atomic E-state index is 12.2. The molecule has 118 valence electrons. The summed E-state index contributed by atoms with van der Waals surface area (Å²) < 4.78 is 28.1. The van der Waals surface area contributed by atoms with Crippen molar-refractivity contribution in [2.45, 2.75) is 38.2 Å². The molecule has 21 heavy (non-hydrogen) atoms. The van der Waals surface area contributed by atoms with Crippen LogP contribution in [0.1, 0.15) is 36.7 Å². The van der Waals surface area contributed by atoms with Gasteiger partial charge in [0.15, 0.2) is 0 Å². The van der Waals surface area contributed by atoms with E-state index in [-0.39, 0.29) is 16.9 Å². The predicted molar refractivity (Wildman–Crippen MR) is 80.6 cm³/mol. The molecule has 0 aliphatic heterocycles. The van der Waals surface area contributed by atoms with Gasteiger partial charge in [-0.15, -0.1) is 0 Å². The molecule has 1 unspecified atom stereocenters. The molecule has 0 radical (unpaired) electrons. The fraction of sp³-hybridized carbons (Fsp3) is 0.500. The van der Waals surface area contributed by atoms with E-state index in [1.165, 1.54) is 12.1 Å². The lowest BCUT2D eigenvalue weighted by Gasteiger charge is -2.14. The Labute approximate surface area is 125 Å². The lowest BCUT2D eigenvalue weighted by Crippen LogP contribution is -2.32. The van der Waals surface area contributed by atoms with E-state index in [4.69, 9.17) is 9.88 Å². The molecule has 0 aromatic heterocycles. The number of ether oxygens (including phenoxy) is 1. The van der Waals surface area contributed by atoms with E-state index < -0.39 is 10.0 Å². The largest absolute Gasteiger partial charge is 0.377 e. The molecule has 0 spiro atoms. The molecular weight excluding hydrogens is 292 g/mol. The molecule has 0 heterocycles. The first kappa shape index (κ1) is 17.6. The summed E-state index contributed by atoms with van der Waals surface area (Å²) in [6.07, 6.45) is 0.514. The van der Waals surface area contributed by atoms with Gasteiger partial charge in [-0.05, 0) is 38.0 Å². The van der Waals surface area contributed by atoms with Gasteiger partial charge in [-0.3, -0.25) is 4.79 Å². The highest BCUT2D eigenvalue weighted by Crippen LogP contribution is 2.16. The summed E-state index contributed by atoms with van der Waals surface area (Å²) in [6.45, 7) is 6.55. The van der Waals surface area contributed by atoms with Gasteiger partial charge in [-0.25, -0.2) is 13.6 Å². The van der Waals surface area contributed by atoms with Gasteiger partial charge in [0, 0.05) is 18.7 Å². The number of sulfonamides is 1. The average Bonchev–Trinajstić information content (AvgIpc) is 2.43. The Morgan fingerprint density at radius 2 is 2.05 bits per heavy atom. The van der Waals surface area contributed by atoms with E-state index >= 15 is 0 Å². The quantitative estimate of drug-likeness (QED) is 0.786. The lowest BCUT2D eigenvalue weighted by molar-refractivity contribution is 0.0694. The first-order valence-corrected chi connectivity index (χ1v) is 8.39. The van der Waals surface area contributed by atoms with Crippen LogP contribution in [0.5, 0.6) is 0 Å². The normalized spacial score (nSPS) is 13.0. The minimum Gasteiger partial charge on any atom is -0.377 e. The number of benzene rings is 1. The summed E-state index contributed by atoms with van der Waals surface area (Å²) in [4.78, 5) is 12.1. The highest BCUT2D eigenvalue weighted by atomic mass is 32.2. The summed E-state index contributed by atoms with van der Waals surface area (Å²) in [5.41, 5.74) is 1.09. The van der Waals surface area contributed by atoms with Crippen LogP contribution in [0.15, 0.2) is 23.1 Å². The molecule has 3 N–H and O–H groups in total. The molecule has 0 aliphatic rings. The Hall–Kier alpha value is -1.44. The second-order valence-corrected chi connectivity index (χ2v) is 6.25. The molecule has 0 bridgehead atoms. The maximum Gasteiger partial charge on any atom is 0.251 e. The summed E-state index contributed by atoms with van der Waals surface area (Å²) in [6, 6.07) is 4.34. The van der Waals surface area contributed by atoms with Crippen molar-refractivity contribution in [3.8, 4) is 0 Å². The van der Waals surface area contributed by atoms with Gasteiger partial charge in [0.1, 0.15) is 0 Å². The number of aryl methyl sites for hydroxylation is 1. The molecule has 6 nitrogen and oxygen atoms in total.